The maximum atomic E-state index is 4.09. The average molecular weight is 162 g/mol. The van der Waals surface area contributed by atoms with Crippen molar-refractivity contribution in [2.45, 2.75) is 33.1 Å². The van der Waals surface area contributed by atoms with Gasteiger partial charge in [0.25, 0.3) is 0 Å². The summed E-state index contributed by atoms with van der Waals surface area (Å²) in [6.45, 7) is 8.67. The third kappa shape index (κ3) is 1.14. The van der Waals surface area contributed by atoms with Gasteiger partial charge in [-0.25, -0.2) is 0 Å². The van der Waals surface area contributed by atoms with E-state index in [0.717, 1.165) is 17.8 Å². The molecule has 0 amide bonds. The van der Waals surface area contributed by atoms with Gasteiger partial charge >= 0.3 is 0 Å². The molecule has 0 aliphatic heterocycles. The van der Waals surface area contributed by atoms with E-state index in [4.69, 9.17) is 0 Å². The molecule has 12 heavy (non-hydrogen) atoms. The van der Waals surface area contributed by atoms with Gasteiger partial charge in [-0.1, -0.05) is 31.6 Å². The van der Waals surface area contributed by atoms with Crippen LogP contribution in [-0.4, -0.2) is 0 Å². The molecule has 0 bridgehead atoms. The lowest BCUT2D eigenvalue weighted by Crippen LogP contribution is -2.24. The highest BCUT2D eigenvalue weighted by atomic mass is 14.4. The zero-order valence-corrected chi connectivity index (χ0v) is 8.14. The maximum Gasteiger partial charge on any atom is 0.00735 e. The van der Waals surface area contributed by atoms with Crippen LogP contribution >= 0.6 is 0 Å². The zero-order chi connectivity index (χ0) is 8.72. The molecule has 2 aliphatic rings. The monoisotopic (exact) mass is 162 g/mol. The smallest absolute Gasteiger partial charge is 0.00735 e. The molecule has 2 aliphatic carbocycles. The van der Waals surface area contributed by atoms with Gasteiger partial charge in [0.05, 0.1) is 0 Å². The van der Waals surface area contributed by atoms with Crippen molar-refractivity contribution >= 4 is 0 Å². The summed E-state index contributed by atoms with van der Waals surface area (Å²) in [5, 5.41) is 0. The quantitative estimate of drug-likeness (QED) is 0.595. The third-order valence-corrected chi connectivity index (χ3v) is 3.43. The molecule has 2 rings (SSSR count). The Balaban J connectivity index is 2.07. The molecule has 0 nitrogen and oxygen atoms in total. The molecule has 1 fully saturated rings. The molecule has 0 heterocycles. The molecule has 1 saturated carbocycles. The summed E-state index contributed by atoms with van der Waals surface area (Å²) in [6.07, 6.45) is 6.51. The van der Waals surface area contributed by atoms with Crippen LogP contribution in [0.2, 0.25) is 0 Å². The van der Waals surface area contributed by atoms with E-state index in [0.29, 0.717) is 0 Å². The van der Waals surface area contributed by atoms with Gasteiger partial charge in [-0.3, -0.25) is 0 Å². The van der Waals surface area contributed by atoms with Crippen LogP contribution in [-0.2, 0) is 0 Å². The Morgan fingerprint density at radius 2 is 2.25 bits per heavy atom. The summed E-state index contributed by atoms with van der Waals surface area (Å²) in [5.41, 5.74) is 2.95. The van der Waals surface area contributed by atoms with E-state index in [-0.39, 0.29) is 0 Å². The van der Waals surface area contributed by atoms with Gasteiger partial charge in [0, 0.05) is 5.92 Å². The molecular weight excluding hydrogens is 144 g/mol. The molecule has 0 radical (unpaired) electrons. The first-order valence-electron chi connectivity index (χ1n) is 5.11. The molecule has 0 N–H and O–H groups in total. The summed E-state index contributed by atoms with van der Waals surface area (Å²) in [5.74, 6) is 2.70. The minimum Gasteiger partial charge on any atom is -0.0952 e. The largest absolute Gasteiger partial charge is 0.0952 e. The van der Waals surface area contributed by atoms with Crippen molar-refractivity contribution in [1.82, 2.24) is 0 Å². The van der Waals surface area contributed by atoms with Crippen LogP contribution in [0.25, 0.3) is 0 Å². The highest BCUT2D eigenvalue weighted by molar-refractivity contribution is 5.41. The predicted octanol–water partition coefficient (Wildman–Crippen LogP) is 3.55. The lowest BCUT2D eigenvalue weighted by Gasteiger charge is -2.34. The van der Waals surface area contributed by atoms with E-state index in [2.05, 4.69) is 26.5 Å². The summed E-state index contributed by atoms with van der Waals surface area (Å²) in [4.78, 5) is 0. The van der Waals surface area contributed by atoms with Crippen LogP contribution in [0.1, 0.15) is 33.1 Å². The number of hydrogen-bond acceptors (Lipinski definition) is 0. The van der Waals surface area contributed by atoms with Gasteiger partial charge in [-0.15, -0.1) is 0 Å². The van der Waals surface area contributed by atoms with E-state index in [1.54, 1.807) is 5.57 Å². The van der Waals surface area contributed by atoms with Gasteiger partial charge in [0.1, 0.15) is 0 Å². The lowest BCUT2D eigenvalue weighted by molar-refractivity contribution is 0.350. The molecule has 0 aromatic carbocycles. The molecule has 2 unspecified atom stereocenters. The van der Waals surface area contributed by atoms with Gasteiger partial charge < -0.3 is 0 Å². The van der Waals surface area contributed by atoms with Gasteiger partial charge in [0.2, 0.25) is 0 Å². The van der Waals surface area contributed by atoms with Gasteiger partial charge in [-0.2, -0.15) is 0 Å². The van der Waals surface area contributed by atoms with Crippen molar-refractivity contribution in [1.29, 1.82) is 0 Å². The second-order valence-corrected chi connectivity index (χ2v) is 4.35. The van der Waals surface area contributed by atoms with Crippen LogP contribution in [0.3, 0.4) is 0 Å². The predicted molar refractivity (Wildman–Crippen MR) is 52.9 cm³/mol. The Hall–Kier alpha value is -0.520. The summed E-state index contributed by atoms with van der Waals surface area (Å²) >= 11 is 0. The normalized spacial score (nSPS) is 31.0. The molecule has 2 atom stereocenters. The van der Waals surface area contributed by atoms with Crippen molar-refractivity contribution in [2.24, 2.45) is 17.8 Å². The topological polar surface area (TPSA) is 0 Å². The van der Waals surface area contributed by atoms with E-state index >= 15 is 0 Å². The Labute approximate surface area is 75.4 Å². The first kappa shape index (κ1) is 8.10. The Morgan fingerprint density at radius 3 is 2.58 bits per heavy atom. The summed E-state index contributed by atoms with van der Waals surface area (Å²) in [7, 11) is 0. The van der Waals surface area contributed by atoms with Crippen molar-refractivity contribution in [3.05, 3.63) is 23.8 Å². The minimum absolute atomic E-state index is 0.752. The zero-order valence-electron chi connectivity index (χ0n) is 8.14. The SMILES string of the molecule is C=C1C=C(C)C1C(CC)C1CC1. The molecule has 0 heteroatoms. The Morgan fingerprint density at radius 1 is 1.58 bits per heavy atom. The van der Waals surface area contributed by atoms with E-state index in [1.165, 1.54) is 24.8 Å². The van der Waals surface area contributed by atoms with E-state index in [1.807, 2.05) is 0 Å². The highest BCUT2D eigenvalue weighted by Crippen LogP contribution is 2.49. The highest BCUT2D eigenvalue weighted by Gasteiger charge is 2.39. The number of rotatable bonds is 3. The van der Waals surface area contributed by atoms with Crippen molar-refractivity contribution < 1.29 is 0 Å². The van der Waals surface area contributed by atoms with Crippen LogP contribution < -0.4 is 0 Å². The summed E-state index contributed by atoms with van der Waals surface area (Å²) < 4.78 is 0. The van der Waals surface area contributed by atoms with Crippen molar-refractivity contribution in [3.63, 3.8) is 0 Å². The van der Waals surface area contributed by atoms with Crippen LogP contribution in [0.5, 0.6) is 0 Å². The van der Waals surface area contributed by atoms with Crippen LogP contribution in [0, 0.1) is 17.8 Å². The van der Waals surface area contributed by atoms with E-state index < -0.39 is 0 Å². The van der Waals surface area contributed by atoms with E-state index in [9.17, 15) is 0 Å². The molecule has 0 spiro atoms. The van der Waals surface area contributed by atoms with Gasteiger partial charge in [0.15, 0.2) is 0 Å². The first-order chi connectivity index (χ1) is 5.74. The molecular formula is C12H18. The fourth-order valence-corrected chi connectivity index (χ4v) is 2.65. The first-order valence-corrected chi connectivity index (χ1v) is 5.11. The molecule has 0 aromatic heterocycles. The second-order valence-electron chi connectivity index (χ2n) is 4.35. The van der Waals surface area contributed by atoms with Crippen molar-refractivity contribution in [3.8, 4) is 0 Å². The Kier molecular flexibility index (Phi) is 1.86. The second kappa shape index (κ2) is 2.76. The van der Waals surface area contributed by atoms with Gasteiger partial charge in [-0.05, 0) is 37.2 Å². The molecule has 66 valence electrons. The van der Waals surface area contributed by atoms with Crippen molar-refractivity contribution in [2.75, 3.05) is 0 Å². The maximum absolute atomic E-state index is 4.09. The standard InChI is InChI=1S/C12H18/c1-4-11(10-5-6-10)12-8(2)7-9(12)3/h7,10-12H,2,4-6H2,1,3H3. The van der Waals surface area contributed by atoms with Crippen LogP contribution in [0.15, 0.2) is 23.8 Å². The average Bonchev–Trinajstić information content (AvgIpc) is 2.82. The molecule has 0 saturated heterocycles. The number of hydrogen-bond donors (Lipinski definition) is 0. The fourth-order valence-electron chi connectivity index (χ4n) is 2.65. The Bertz CT molecular complexity index is 230. The third-order valence-electron chi connectivity index (χ3n) is 3.43. The lowest BCUT2D eigenvalue weighted by atomic mass is 9.70. The summed E-state index contributed by atoms with van der Waals surface area (Å²) in [6, 6.07) is 0. The number of allylic oxidation sites excluding steroid dienone is 3. The fraction of sp³-hybridized carbons (Fsp3) is 0.667. The van der Waals surface area contributed by atoms with Crippen LogP contribution in [0.4, 0.5) is 0 Å². The molecule has 0 aromatic rings. The minimum atomic E-state index is 0.752.